The predicted octanol–water partition coefficient (Wildman–Crippen LogP) is 2.84. The van der Waals surface area contributed by atoms with Crippen LogP contribution in [-0.4, -0.2) is 16.8 Å². The van der Waals surface area contributed by atoms with E-state index in [0.717, 1.165) is 33.7 Å². The number of ether oxygens (including phenoxy) is 2. The van der Waals surface area contributed by atoms with Crippen LogP contribution in [0.25, 0.3) is 10.9 Å². The lowest BCUT2D eigenvalue weighted by Gasteiger charge is -2.08. The summed E-state index contributed by atoms with van der Waals surface area (Å²) in [5.41, 5.74) is 9.91. The molecule has 1 aromatic heterocycles. The molecule has 0 unspecified atom stereocenters. The summed E-state index contributed by atoms with van der Waals surface area (Å²) >= 11 is 0. The van der Waals surface area contributed by atoms with Crippen LogP contribution in [0.15, 0.2) is 36.4 Å². The van der Waals surface area contributed by atoms with Crippen LogP contribution in [0.5, 0.6) is 11.5 Å². The van der Waals surface area contributed by atoms with Gasteiger partial charge in [-0.1, -0.05) is 17.7 Å². The van der Waals surface area contributed by atoms with E-state index in [-0.39, 0.29) is 6.79 Å². The maximum Gasteiger partial charge on any atom is 0.231 e. The molecule has 1 aliphatic rings. The predicted molar refractivity (Wildman–Crippen MR) is 84.1 cm³/mol. The van der Waals surface area contributed by atoms with Crippen molar-refractivity contribution in [1.82, 2.24) is 9.97 Å². The van der Waals surface area contributed by atoms with E-state index < -0.39 is 0 Å². The Bertz CT molecular complexity index is 877. The lowest BCUT2D eigenvalue weighted by Crippen LogP contribution is -2.02. The fourth-order valence-electron chi connectivity index (χ4n) is 2.70. The summed E-state index contributed by atoms with van der Waals surface area (Å²) in [6.07, 6.45) is 0.670. The van der Waals surface area contributed by atoms with Crippen LogP contribution in [0.1, 0.15) is 16.8 Å². The number of benzene rings is 2. The molecular formula is C17H15N3O2. The number of nitrogen functional groups attached to an aromatic ring is 1. The second-order valence-corrected chi connectivity index (χ2v) is 5.41. The number of fused-ring (bicyclic) bond motifs is 2. The molecule has 0 saturated heterocycles. The number of nitrogens with two attached hydrogens (primary N) is 1. The number of aromatic nitrogens is 2. The van der Waals surface area contributed by atoms with Crippen LogP contribution in [0.3, 0.4) is 0 Å². The summed E-state index contributed by atoms with van der Waals surface area (Å²) in [5, 5.41) is 1.03. The van der Waals surface area contributed by atoms with Gasteiger partial charge in [0.15, 0.2) is 11.5 Å². The van der Waals surface area contributed by atoms with Crippen molar-refractivity contribution in [2.75, 3.05) is 12.5 Å². The van der Waals surface area contributed by atoms with Gasteiger partial charge in [-0.05, 0) is 36.8 Å². The molecule has 110 valence electrons. The lowest BCUT2D eigenvalue weighted by molar-refractivity contribution is 0.174. The first-order valence-electron chi connectivity index (χ1n) is 7.10. The van der Waals surface area contributed by atoms with Gasteiger partial charge in [-0.2, -0.15) is 0 Å². The van der Waals surface area contributed by atoms with Gasteiger partial charge in [-0.15, -0.1) is 0 Å². The van der Waals surface area contributed by atoms with Gasteiger partial charge >= 0.3 is 0 Å². The Hall–Kier alpha value is -2.82. The number of hydrogen-bond donors (Lipinski definition) is 1. The van der Waals surface area contributed by atoms with E-state index in [1.54, 1.807) is 0 Å². The van der Waals surface area contributed by atoms with E-state index in [9.17, 15) is 0 Å². The monoisotopic (exact) mass is 293 g/mol. The van der Waals surface area contributed by atoms with Gasteiger partial charge in [0.25, 0.3) is 0 Å². The largest absolute Gasteiger partial charge is 0.454 e. The van der Waals surface area contributed by atoms with Gasteiger partial charge in [-0.25, -0.2) is 9.97 Å². The van der Waals surface area contributed by atoms with Crippen LogP contribution >= 0.6 is 0 Å². The quantitative estimate of drug-likeness (QED) is 0.786. The summed E-state index contributed by atoms with van der Waals surface area (Å²) in [6, 6.07) is 12.0. The van der Waals surface area contributed by atoms with E-state index in [0.29, 0.717) is 12.4 Å². The summed E-state index contributed by atoms with van der Waals surface area (Å²) in [7, 11) is 0. The van der Waals surface area contributed by atoms with Crippen molar-refractivity contribution in [1.29, 1.82) is 0 Å². The van der Waals surface area contributed by atoms with E-state index in [4.69, 9.17) is 15.2 Å². The van der Waals surface area contributed by atoms with Crippen molar-refractivity contribution in [3.05, 3.63) is 53.2 Å². The van der Waals surface area contributed by atoms with Crippen molar-refractivity contribution in [2.24, 2.45) is 0 Å². The number of hydrogen-bond acceptors (Lipinski definition) is 5. The van der Waals surface area contributed by atoms with Crippen LogP contribution in [0, 0.1) is 6.92 Å². The normalized spacial score (nSPS) is 12.8. The zero-order valence-electron chi connectivity index (χ0n) is 12.2. The molecule has 2 N–H and O–H groups in total. The SMILES string of the molecule is Cc1ccc2nc(N)nc(Cc3ccc4c(c3)OCO4)c2c1. The van der Waals surface area contributed by atoms with Crippen LogP contribution in [0.4, 0.5) is 5.95 Å². The molecule has 0 atom stereocenters. The number of rotatable bonds is 2. The summed E-state index contributed by atoms with van der Waals surface area (Å²) < 4.78 is 10.8. The molecule has 0 bridgehead atoms. The maximum atomic E-state index is 5.84. The molecule has 0 fully saturated rings. The van der Waals surface area contributed by atoms with Crippen LogP contribution in [0.2, 0.25) is 0 Å². The van der Waals surface area contributed by atoms with E-state index in [1.807, 2.05) is 30.3 Å². The summed E-state index contributed by atoms with van der Waals surface area (Å²) in [6.45, 7) is 2.33. The van der Waals surface area contributed by atoms with Crippen molar-refractivity contribution < 1.29 is 9.47 Å². The molecule has 0 radical (unpaired) electrons. The van der Waals surface area contributed by atoms with Crippen molar-refractivity contribution in [3.8, 4) is 11.5 Å². The highest BCUT2D eigenvalue weighted by Crippen LogP contribution is 2.33. The van der Waals surface area contributed by atoms with Crippen LogP contribution in [-0.2, 0) is 6.42 Å². The molecule has 2 aromatic carbocycles. The molecule has 0 amide bonds. The van der Waals surface area contributed by atoms with Crippen LogP contribution < -0.4 is 15.2 Å². The van der Waals surface area contributed by atoms with Gasteiger partial charge in [0, 0.05) is 11.8 Å². The molecule has 0 aliphatic carbocycles. The van der Waals surface area contributed by atoms with Gasteiger partial charge in [0.05, 0.1) is 11.2 Å². The summed E-state index contributed by atoms with van der Waals surface area (Å²) in [4.78, 5) is 8.72. The first kappa shape index (κ1) is 12.9. The average Bonchev–Trinajstić information content (AvgIpc) is 2.95. The maximum absolute atomic E-state index is 5.84. The Morgan fingerprint density at radius 3 is 2.82 bits per heavy atom. The molecule has 5 nitrogen and oxygen atoms in total. The molecule has 2 heterocycles. The molecule has 0 spiro atoms. The molecular weight excluding hydrogens is 278 g/mol. The molecule has 5 heteroatoms. The molecule has 1 aliphatic heterocycles. The van der Waals surface area contributed by atoms with Gasteiger partial charge < -0.3 is 15.2 Å². The second kappa shape index (κ2) is 4.87. The Labute approximate surface area is 127 Å². The molecule has 3 aromatic rings. The van der Waals surface area contributed by atoms with Gasteiger partial charge in [0.2, 0.25) is 12.7 Å². The van der Waals surface area contributed by atoms with Gasteiger partial charge in [-0.3, -0.25) is 0 Å². The third-order valence-corrected chi connectivity index (χ3v) is 3.76. The first-order valence-corrected chi connectivity index (χ1v) is 7.10. The zero-order chi connectivity index (χ0) is 15.1. The lowest BCUT2D eigenvalue weighted by atomic mass is 10.0. The third kappa shape index (κ3) is 2.20. The Morgan fingerprint density at radius 1 is 1.05 bits per heavy atom. The Kier molecular flexibility index (Phi) is 2.85. The fourth-order valence-corrected chi connectivity index (χ4v) is 2.70. The number of aryl methyl sites for hydroxylation is 1. The standard InChI is InChI=1S/C17H15N3O2/c1-10-2-4-13-12(6-10)14(20-17(18)19-13)7-11-3-5-15-16(8-11)22-9-21-15/h2-6,8H,7,9H2,1H3,(H2,18,19,20). The topological polar surface area (TPSA) is 70.3 Å². The third-order valence-electron chi connectivity index (χ3n) is 3.76. The highest BCUT2D eigenvalue weighted by Gasteiger charge is 2.14. The van der Waals surface area contributed by atoms with E-state index >= 15 is 0 Å². The Morgan fingerprint density at radius 2 is 1.91 bits per heavy atom. The van der Waals surface area contributed by atoms with E-state index in [1.165, 1.54) is 5.56 Å². The van der Waals surface area contributed by atoms with Crippen molar-refractivity contribution in [2.45, 2.75) is 13.3 Å². The van der Waals surface area contributed by atoms with E-state index in [2.05, 4.69) is 23.0 Å². The highest BCUT2D eigenvalue weighted by molar-refractivity contribution is 5.82. The summed E-state index contributed by atoms with van der Waals surface area (Å²) in [5.74, 6) is 1.86. The number of nitrogens with zero attached hydrogens (tertiary/aromatic N) is 2. The van der Waals surface area contributed by atoms with Crippen molar-refractivity contribution in [3.63, 3.8) is 0 Å². The number of anilines is 1. The Balaban J connectivity index is 1.79. The smallest absolute Gasteiger partial charge is 0.231 e. The van der Waals surface area contributed by atoms with Crippen molar-refractivity contribution >= 4 is 16.9 Å². The molecule has 22 heavy (non-hydrogen) atoms. The highest BCUT2D eigenvalue weighted by atomic mass is 16.7. The molecule has 0 saturated carbocycles. The minimum absolute atomic E-state index is 0.279. The molecule has 4 rings (SSSR count). The zero-order valence-corrected chi connectivity index (χ0v) is 12.2. The minimum Gasteiger partial charge on any atom is -0.454 e. The minimum atomic E-state index is 0.279. The average molecular weight is 293 g/mol. The second-order valence-electron chi connectivity index (χ2n) is 5.41. The first-order chi connectivity index (χ1) is 10.7. The fraction of sp³-hybridized carbons (Fsp3) is 0.176. The van der Waals surface area contributed by atoms with Gasteiger partial charge in [0.1, 0.15) is 0 Å².